The molecule has 2 aliphatic heterocycles. The van der Waals surface area contributed by atoms with Crippen molar-refractivity contribution in [2.75, 3.05) is 18.1 Å². The minimum Gasteiger partial charge on any atom is -0.462 e. The molecule has 0 aromatic heterocycles. The number of nitro benzene ring substituents is 1. The normalized spacial score (nSPS) is 28.3. The zero-order valence-electron chi connectivity index (χ0n) is 15.9. The van der Waals surface area contributed by atoms with Crippen LogP contribution in [-0.2, 0) is 11.2 Å². The maximum atomic E-state index is 11.0. The van der Waals surface area contributed by atoms with Crippen LogP contribution in [0.3, 0.4) is 0 Å². The monoisotopic (exact) mass is 418 g/mol. The summed E-state index contributed by atoms with van der Waals surface area (Å²) in [5.41, 5.74) is 2.58. The van der Waals surface area contributed by atoms with Gasteiger partial charge in [0.2, 0.25) is 6.29 Å². The summed E-state index contributed by atoms with van der Waals surface area (Å²) < 4.78 is 11.1. The van der Waals surface area contributed by atoms with E-state index in [1.54, 1.807) is 30.3 Å². The minimum atomic E-state index is -1.52. The molecule has 4 rings (SSSR count). The van der Waals surface area contributed by atoms with Gasteiger partial charge in [0.1, 0.15) is 30.2 Å². The zero-order valence-corrected chi connectivity index (χ0v) is 15.9. The molecule has 0 radical (unpaired) electrons. The second kappa shape index (κ2) is 8.17. The number of aliphatic hydroxyl groups is 4. The van der Waals surface area contributed by atoms with Crippen LogP contribution >= 0.6 is 0 Å². The van der Waals surface area contributed by atoms with Crippen molar-refractivity contribution in [2.24, 2.45) is 0 Å². The van der Waals surface area contributed by atoms with Crippen molar-refractivity contribution in [1.82, 2.24) is 0 Å². The Morgan fingerprint density at radius 3 is 2.67 bits per heavy atom. The standard InChI is InChI=1S/C20H22N2O8/c23-10-16-17(24)18(25)19(26)20(30-16)29-14-3-1-2-12(9-14)21-7-6-11-8-13(22(27)28)4-5-15(11)21/h1-5,8-9,16-20,23-26H,6-7,10H2/t16?,17-,18+,19?,20+/m1/s1. The van der Waals surface area contributed by atoms with Crippen molar-refractivity contribution in [3.8, 4) is 5.75 Å². The summed E-state index contributed by atoms with van der Waals surface area (Å²) >= 11 is 0. The lowest BCUT2D eigenvalue weighted by atomic mass is 9.99. The first kappa shape index (κ1) is 20.5. The van der Waals surface area contributed by atoms with Crippen molar-refractivity contribution in [2.45, 2.75) is 37.1 Å². The van der Waals surface area contributed by atoms with Crippen LogP contribution in [0.4, 0.5) is 17.1 Å². The molecule has 2 aliphatic rings. The lowest BCUT2D eigenvalue weighted by molar-refractivity contribution is -0.384. The molecule has 2 unspecified atom stereocenters. The summed E-state index contributed by atoms with van der Waals surface area (Å²) in [6.45, 7) is 0.0988. The molecule has 4 N–H and O–H groups in total. The third kappa shape index (κ3) is 3.71. The summed E-state index contributed by atoms with van der Waals surface area (Å²) in [5, 5.41) is 50.2. The van der Waals surface area contributed by atoms with E-state index >= 15 is 0 Å². The van der Waals surface area contributed by atoms with Crippen LogP contribution < -0.4 is 9.64 Å². The average Bonchev–Trinajstić information content (AvgIpc) is 3.17. The summed E-state index contributed by atoms with van der Waals surface area (Å²) in [7, 11) is 0. The highest BCUT2D eigenvalue weighted by Crippen LogP contribution is 2.38. The predicted molar refractivity (Wildman–Crippen MR) is 105 cm³/mol. The average molecular weight is 418 g/mol. The Bertz CT molecular complexity index is 937. The number of nitro groups is 1. The lowest BCUT2D eigenvalue weighted by Gasteiger charge is -2.39. The van der Waals surface area contributed by atoms with Crippen molar-refractivity contribution in [1.29, 1.82) is 0 Å². The molecular weight excluding hydrogens is 396 g/mol. The molecule has 2 aromatic rings. The van der Waals surface area contributed by atoms with Gasteiger partial charge in [-0.1, -0.05) is 6.07 Å². The van der Waals surface area contributed by atoms with Crippen molar-refractivity contribution < 1.29 is 34.8 Å². The molecule has 160 valence electrons. The number of benzene rings is 2. The largest absolute Gasteiger partial charge is 0.462 e. The number of hydrogen-bond donors (Lipinski definition) is 4. The van der Waals surface area contributed by atoms with E-state index in [0.717, 1.165) is 16.9 Å². The van der Waals surface area contributed by atoms with Crippen LogP contribution in [0.2, 0.25) is 0 Å². The number of rotatable bonds is 5. The lowest BCUT2D eigenvalue weighted by Crippen LogP contribution is -2.60. The topological polar surface area (TPSA) is 146 Å². The molecule has 2 heterocycles. The summed E-state index contributed by atoms with van der Waals surface area (Å²) in [4.78, 5) is 12.6. The quantitative estimate of drug-likeness (QED) is 0.402. The molecule has 0 amide bonds. The van der Waals surface area contributed by atoms with Gasteiger partial charge in [-0.25, -0.2) is 0 Å². The van der Waals surface area contributed by atoms with Crippen LogP contribution in [-0.4, -0.2) is 69.2 Å². The first-order valence-corrected chi connectivity index (χ1v) is 9.51. The minimum absolute atomic E-state index is 0.0512. The molecule has 0 aliphatic carbocycles. The van der Waals surface area contributed by atoms with E-state index in [1.165, 1.54) is 6.07 Å². The van der Waals surface area contributed by atoms with E-state index < -0.39 is 42.2 Å². The Hall–Kier alpha value is -2.76. The highest BCUT2D eigenvalue weighted by molar-refractivity contribution is 5.72. The molecular formula is C20H22N2O8. The molecule has 5 atom stereocenters. The molecule has 2 aromatic carbocycles. The second-order valence-corrected chi connectivity index (χ2v) is 7.28. The number of non-ortho nitro benzene ring substituents is 1. The van der Waals surface area contributed by atoms with Crippen LogP contribution in [0.1, 0.15) is 5.56 Å². The van der Waals surface area contributed by atoms with E-state index in [2.05, 4.69) is 0 Å². The van der Waals surface area contributed by atoms with Gasteiger partial charge in [0, 0.05) is 36.1 Å². The van der Waals surface area contributed by atoms with Gasteiger partial charge >= 0.3 is 0 Å². The molecule has 0 spiro atoms. The van der Waals surface area contributed by atoms with Gasteiger partial charge in [0.15, 0.2) is 0 Å². The van der Waals surface area contributed by atoms with Crippen molar-refractivity contribution in [3.63, 3.8) is 0 Å². The van der Waals surface area contributed by atoms with Gasteiger partial charge in [0.25, 0.3) is 5.69 Å². The molecule has 30 heavy (non-hydrogen) atoms. The highest BCUT2D eigenvalue weighted by Gasteiger charge is 2.44. The number of aliphatic hydroxyl groups excluding tert-OH is 4. The van der Waals surface area contributed by atoms with E-state index in [1.807, 2.05) is 11.0 Å². The van der Waals surface area contributed by atoms with Gasteiger partial charge in [-0.3, -0.25) is 10.1 Å². The Kier molecular flexibility index (Phi) is 5.58. The van der Waals surface area contributed by atoms with Crippen molar-refractivity contribution in [3.05, 3.63) is 58.1 Å². The molecule has 0 saturated carbocycles. The smallest absolute Gasteiger partial charge is 0.269 e. The zero-order chi connectivity index (χ0) is 21.4. The van der Waals surface area contributed by atoms with Crippen LogP contribution in [0.5, 0.6) is 5.75 Å². The fourth-order valence-corrected chi connectivity index (χ4v) is 3.79. The molecule has 10 nitrogen and oxygen atoms in total. The van der Waals surface area contributed by atoms with Crippen molar-refractivity contribution >= 4 is 17.1 Å². The third-order valence-electron chi connectivity index (χ3n) is 5.40. The fraction of sp³-hybridized carbons (Fsp3) is 0.400. The summed E-state index contributed by atoms with van der Waals surface area (Å²) in [5.74, 6) is 0.354. The summed E-state index contributed by atoms with van der Waals surface area (Å²) in [6.07, 6.45) is -6.15. The molecule has 1 saturated heterocycles. The fourth-order valence-electron chi connectivity index (χ4n) is 3.79. The first-order chi connectivity index (χ1) is 14.4. The summed E-state index contributed by atoms with van der Waals surface area (Å²) in [6, 6.07) is 11.7. The van der Waals surface area contributed by atoms with Crippen LogP contribution in [0, 0.1) is 10.1 Å². The van der Waals surface area contributed by atoms with E-state index in [0.29, 0.717) is 18.7 Å². The Morgan fingerprint density at radius 2 is 1.93 bits per heavy atom. The Morgan fingerprint density at radius 1 is 1.13 bits per heavy atom. The van der Waals surface area contributed by atoms with Gasteiger partial charge < -0.3 is 34.8 Å². The van der Waals surface area contributed by atoms with Crippen LogP contribution in [0.15, 0.2) is 42.5 Å². The number of ether oxygens (including phenoxy) is 2. The van der Waals surface area contributed by atoms with E-state index in [-0.39, 0.29) is 5.69 Å². The van der Waals surface area contributed by atoms with Gasteiger partial charge in [-0.05, 0) is 30.2 Å². The highest BCUT2D eigenvalue weighted by atomic mass is 16.7. The number of anilines is 2. The molecule has 1 fully saturated rings. The van der Waals surface area contributed by atoms with Gasteiger partial charge in [-0.2, -0.15) is 0 Å². The predicted octanol–water partition coefficient (Wildman–Crippen LogP) is 0.468. The SMILES string of the molecule is O=[N+]([O-])c1ccc2c(c1)CCN2c1cccc(O[C@H]2OC(CO)[C@@H](O)[C@H](O)C2O)c1. The van der Waals surface area contributed by atoms with Crippen LogP contribution in [0.25, 0.3) is 0 Å². The van der Waals surface area contributed by atoms with Gasteiger partial charge in [-0.15, -0.1) is 0 Å². The second-order valence-electron chi connectivity index (χ2n) is 7.28. The number of fused-ring (bicyclic) bond motifs is 1. The van der Waals surface area contributed by atoms with E-state index in [9.17, 15) is 30.5 Å². The Labute approximate surface area is 171 Å². The number of nitrogens with zero attached hydrogens (tertiary/aromatic N) is 2. The molecule has 10 heteroatoms. The molecule has 0 bridgehead atoms. The first-order valence-electron chi connectivity index (χ1n) is 9.51. The maximum absolute atomic E-state index is 11.0. The maximum Gasteiger partial charge on any atom is 0.269 e. The number of hydrogen-bond acceptors (Lipinski definition) is 9. The van der Waals surface area contributed by atoms with E-state index in [4.69, 9.17) is 9.47 Å². The third-order valence-corrected chi connectivity index (χ3v) is 5.40. The Balaban J connectivity index is 1.54. The van der Waals surface area contributed by atoms with Gasteiger partial charge in [0.05, 0.1) is 11.5 Å².